The van der Waals surface area contributed by atoms with E-state index in [4.69, 9.17) is 21.1 Å². The van der Waals surface area contributed by atoms with E-state index in [0.717, 1.165) is 32.1 Å². The molecule has 9 nitrogen and oxygen atoms in total. The molecule has 3 heterocycles. The summed E-state index contributed by atoms with van der Waals surface area (Å²) in [5.41, 5.74) is 0.0721. The van der Waals surface area contributed by atoms with Gasteiger partial charge < -0.3 is 14.7 Å². The molecule has 1 atom stereocenters. The third kappa shape index (κ3) is 4.23. The zero-order chi connectivity index (χ0) is 21.0. The maximum Gasteiger partial charge on any atom is 0.229 e. The Morgan fingerprint density at radius 2 is 1.97 bits per heavy atom. The van der Waals surface area contributed by atoms with Gasteiger partial charge in [0.2, 0.25) is 11.6 Å². The minimum absolute atomic E-state index is 0.0721. The molecule has 1 saturated carbocycles. The zero-order valence-corrected chi connectivity index (χ0v) is 17.3. The van der Waals surface area contributed by atoms with Crippen molar-refractivity contribution in [2.24, 2.45) is 11.1 Å². The molecule has 1 spiro atoms. The van der Waals surface area contributed by atoms with E-state index in [0.29, 0.717) is 31.9 Å². The van der Waals surface area contributed by atoms with Gasteiger partial charge in [0.15, 0.2) is 5.82 Å². The molecule has 0 radical (unpaired) electrons. The van der Waals surface area contributed by atoms with Gasteiger partial charge in [0, 0.05) is 24.9 Å². The lowest BCUT2D eigenvalue weighted by molar-refractivity contribution is -0.185. The molecular formula is C20H24ClN5O4. The minimum atomic E-state index is -1.30. The summed E-state index contributed by atoms with van der Waals surface area (Å²) in [7, 11) is 0. The maximum absolute atomic E-state index is 13.6. The van der Waals surface area contributed by atoms with Crippen LogP contribution in [0.4, 0.5) is 0 Å². The summed E-state index contributed by atoms with van der Waals surface area (Å²) in [6.45, 7) is 0.727. The maximum atomic E-state index is 13.6. The molecule has 1 aliphatic heterocycles. The van der Waals surface area contributed by atoms with E-state index >= 15 is 0 Å². The molecule has 2 aromatic rings. The van der Waals surface area contributed by atoms with Gasteiger partial charge in [0.1, 0.15) is 23.0 Å². The highest BCUT2D eigenvalue weighted by molar-refractivity contribution is 6.29. The van der Waals surface area contributed by atoms with E-state index < -0.39 is 11.7 Å². The topological polar surface area (TPSA) is 112 Å². The highest BCUT2D eigenvalue weighted by Gasteiger charge is 2.48. The monoisotopic (exact) mass is 433 g/mol. The smallest absolute Gasteiger partial charge is 0.229 e. The Hall–Kier alpha value is -2.36. The van der Waals surface area contributed by atoms with Gasteiger partial charge in [0.05, 0.1) is 19.1 Å². The molecule has 10 heteroatoms. The van der Waals surface area contributed by atoms with Crippen molar-refractivity contribution in [1.82, 2.24) is 19.5 Å². The molecular weight excluding hydrogens is 410 g/mol. The number of hydrogen-bond donors (Lipinski definition) is 1. The standard InChI is InChI=1S/C20H24ClN5O4/c21-15-12-16(26-9-8-22-13-26)24-19(23-15)17(25-28)14-6-4-2-1-3-5-7-20(18(14)27)29-10-11-30-20/h8-9,12-14,28H,1-7,10-11H2/b25-17+. The Bertz CT molecular complexity index is 912. The predicted octanol–water partition coefficient (Wildman–Crippen LogP) is 3.17. The number of hydrogen-bond acceptors (Lipinski definition) is 8. The van der Waals surface area contributed by atoms with E-state index in [1.165, 1.54) is 0 Å². The number of imidazole rings is 1. The Kier molecular flexibility index (Phi) is 6.40. The lowest BCUT2D eigenvalue weighted by atomic mass is 9.84. The molecule has 4 rings (SSSR count). The van der Waals surface area contributed by atoms with Crippen LogP contribution in [0, 0.1) is 5.92 Å². The van der Waals surface area contributed by atoms with Crippen molar-refractivity contribution in [3.63, 3.8) is 0 Å². The van der Waals surface area contributed by atoms with Gasteiger partial charge in [-0.25, -0.2) is 15.0 Å². The number of ether oxygens (including phenoxy) is 2. The zero-order valence-electron chi connectivity index (χ0n) is 16.5. The molecule has 0 amide bonds. The second-order valence-electron chi connectivity index (χ2n) is 7.50. The van der Waals surface area contributed by atoms with Crippen molar-refractivity contribution < 1.29 is 19.5 Å². The first-order valence-corrected chi connectivity index (χ1v) is 10.6. The summed E-state index contributed by atoms with van der Waals surface area (Å²) in [5, 5.41) is 13.5. The predicted molar refractivity (Wildman–Crippen MR) is 108 cm³/mol. The molecule has 2 aromatic heterocycles. The first kappa shape index (κ1) is 20.9. The fourth-order valence-corrected chi connectivity index (χ4v) is 4.25. The summed E-state index contributed by atoms with van der Waals surface area (Å²) in [4.78, 5) is 26.3. The number of ketones is 1. The lowest BCUT2D eigenvalue weighted by Crippen LogP contribution is -2.46. The van der Waals surface area contributed by atoms with E-state index in [1.54, 1.807) is 29.4 Å². The molecule has 1 aliphatic carbocycles. The highest BCUT2D eigenvalue weighted by atomic mass is 35.5. The van der Waals surface area contributed by atoms with Gasteiger partial charge >= 0.3 is 0 Å². The van der Waals surface area contributed by atoms with Crippen molar-refractivity contribution >= 4 is 23.1 Å². The third-order valence-electron chi connectivity index (χ3n) is 5.56. The van der Waals surface area contributed by atoms with Crippen LogP contribution in [0.1, 0.15) is 50.8 Å². The van der Waals surface area contributed by atoms with Gasteiger partial charge in [-0.2, -0.15) is 0 Å². The first-order chi connectivity index (χ1) is 14.6. The van der Waals surface area contributed by atoms with Crippen LogP contribution in [-0.4, -0.2) is 55.2 Å². The lowest BCUT2D eigenvalue weighted by Gasteiger charge is -2.31. The average molecular weight is 434 g/mol. The molecule has 2 fully saturated rings. The summed E-state index contributed by atoms with van der Waals surface area (Å²) in [6, 6.07) is 1.57. The molecule has 0 bridgehead atoms. The van der Waals surface area contributed by atoms with E-state index in [1.807, 2.05) is 0 Å². The van der Waals surface area contributed by atoms with Crippen LogP contribution < -0.4 is 0 Å². The number of carbonyl (C=O) groups is 1. The van der Waals surface area contributed by atoms with E-state index in [9.17, 15) is 10.0 Å². The van der Waals surface area contributed by atoms with Crippen LogP contribution in [0.3, 0.4) is 0 Å². The molecule has 30 heavy (non-hydrogen) atoms. The fraction of sp³-hybridized carbons (Fsp3) is 0.550. The quantitative estimate of drug-likeness (QED) is 0.342. The van der Waals surface area contributed by atoms with E-state index in [-0.39, 0.29) is 22.5 Å². The van der Waals surface area contributed by atoms with Crippen LogP contribution in [0.2, 0.25) is 5.15 Å². The molecule has 1 saturated heterocycles. The van der Waals surface area contributed by atoms with Gasteiger partial charge in [-0.05, 0) is 12.8 Å². The van der Waals surface area contributed by atoms with Crippen molar-refractivity contribution in [3.8, 4) is 5.82 Å². The van der Waals surface area contributed by atoms with Gasteiger partial charge in [-0.15, -0.1) is 0 Å². The number of oxime groups is 1. The summed E-state index contributed by atoms with van der Waals surface area (Å²) < 4.78 is 13.3. The van der Waals surface area contributed by atoms with Crippen LogP contribution in [0.25, 0.3) is 5.82 Å². The highest BCUT2D eigenvalue weighted by Crippen LogP contribution is 2.34. The molecule has 2 aliphatic rings. The van der Waals surface area contributed by atoms with Crippen molar-refractivity contribution in [2.75, 3.05) is 13.2 Å². The molecule has 160 valence electrons. The van der Waals surface area contributed by atoms with Gasteiger partial charge in [0.25, 0.3) is 0 Å². The fourth-order valence-electron chi connectivity index (χ4n) is 4.08. The van der Waals surface area contributed by atoms with Crippen LogP contribution in [0.5, 0.6) is 0 Å². The summed E-state index contributed by atoms with van der Waals surface area (Å²) in [5.74, 6) is -1.76. The van der Waals surface area contributed by atoms with Gasteiger partial charge in [-0.1, -0.05) is 42.4 Å². The summed E-state index contributed by atoms with van der Waals surface area (Å²) >= 11 is 6.21. The average Bonchev–Trinajstić information content (AvgIpc) is 3.44. The molecule has 0 aromatic carbocycles. The Balaban J connectivity index is 1.72. The van der Waals surface area contributed by atoms with E-state index in [2.05, 4.69) is 20.1 Å². The largest absolute Gasteiger partial charge is 0.411 e. The number of Topliss-reactive ketones (excluding diaryl/α,β-unsaturated/α-hetero) is 1. The number of halogens is 1. The Morgan fingerprint density at radius 1 is 1.20 bits per heavy atom. The first-order valence-electron chi connectivity index (χ1n) is 10.2. The second kappa shape index (κ2) is 9.20. The second-order valence-corrected chi connectivity index (χ2v) is 7.89. The molecule has 1 unspecified atom stereocenters. The van der Waals surface area contributed by atoms with Gasteiger partial charge in [-0.3, -0.25) is 9.36 Å². The van der Waals surface area contributed by atoms with Crippen LogP contribution >= 0.6 is 11.6 Å². The number of carbonyl (C=O) groups excluding carboxylic acids is 1. The summed E-state index contributed by atoms with van der Waals surface area (Å²) in [6.07, 6.45) is 10.6. The number of nitrogens with zero attached hydrogens (tertiary/aromatic N) is 5. The minimum Gasteiger partial charge on any atom is -0.411 e. The van der Waals surface area contributed by atoms with Crippen molar-refractivity contribution in [1.29, 1.82) is 0 Å². The van der Waals surface area contributed by atoms with Crippen LogP contribution in [-0.2, 0) is 14.3 Å². The van der Waals surface area contributed by atoms with Crippen molar-refractivity contribution in [2.45, 2.75) is 50.7 Å². The number of aromatic nitrogens is 4. The Morgan fingerprint density at radius 3 is 2.70 bits per heavy atom. The van der Waals surface area contributed by atoms with Crippen molar-refractivity contribution in [3.05, 3.63) is 35.8 Å². The Labute approximate surface area is 179 Å². The van der Waals surface area contributed by atoms with Crippen LogP contribution in [0.15, 0.2) is 29.9 Å². The SMILES string of the molecule is O=C1C(/C(=N\O)c2nc(Cl)cc(-n3ccnc3)n2)CCCCCCCC12OCCO2. The number of rotatable bonds is 3. The third-order valence-corrected chi connectivity index (χ3v) is 5.76. The molecule has 1 N–H and O–H groups in total. The normalized spacial score (nSPS) is 23.0.